The summed E-state index contributed by atoms with van der Waals surface area (Å²) >= 11 is 5.96. The van der Waals surface area contributed by atoms with Crippen molar-refractivity contribution in [3.05, 3.63) is 46.6 Å². The van der Waals surface area contributed by atoms with E-state index in [1.54, 1.807) is 0 Å². The molecule has 0 saturated heterocycles. The van der Waals surface area contributed by atoms with Crippen LogP contribution in [0.2, 0.25) is 5.02 Å². The number of benzene rings is 1. The van der Waals surface area contributed by atoms with Crippen molar-refractivity contribution in [2.24, 2.45) is 0 Å². The molecule has 2 rings (SSSR count). The highest BCUT2D eigenvalue weighted by Gasteiger charge is 2.11. The van der Waals surface area contributed by atoms with E-state index in [0.717, 1.165) is 17.0 Å². The van der Waals surface area contributed by atoms with E-state index in [2.05, 4.69) is 24.9 Å². The van der Waals surface area contributed by atoms with Crippen molar-refractivity contribution in [2.45, 2.75) is 19.8 Å². The van der Waals surface area contributed by atoms with Gasteiger partial charge in [0.05, 0.1) is 11.3 Å². The molecule has 0 aliphatic carbocycles. The van der Waals surface area contributed by atoms with Gasteiger partial charge in [0.1, 0.15) is 6.07 Å². The molecule has 0 fully saturated rings. The molecule has 0 bridgehead atoms. The molecule has 3 heteroatoms. The number of H-pyrrole nitrogens is 1. The Bertz CT molecular complexity index is 576. The first-order valence-electron chi connectivity index (χ1n) is 5.50. The van der Waals surface area contributed by atoms with Gasteiger partial charge in [-0.05, 0) is 24.1 Å². The van der Waals surface area contributed by atoms with Crippen LogP contribution in [0.5, 0.6) is 0 Å². The second-order valence-electron chi connectivity index (χ2n) is 4.29. The summed E-state index contributed by atoms with van der Waals surface area (Å²) in [7, 11) is 0. The van der Waals surface area contributed by atoms with Gasteiger partial charge in [0.25, 0.3) is 0 Å². The zero-order valence-corrected chi connectivity index (χ0v) is 10.5. The number of nitriles is 1. The molecule has 0 aliphatic heterocycles. The van der Waals surface area contributed by atoms with Crippen LogP contribution in [-0.2, 0) is 0 Å². The molecule has 1 heterocycles. The second kappa shape index (κ2) is 4.65. The Balaban J connectivity index is 2.55. The minimum absolute atomic E-state index is 0.370. The fraction of sp³-hybridized carbons (Fsp3) is 0.214. The molecule has 0 unspecified atom stereocenters. The van der Waals surface area contributed by atoms with Crippen LogP contribution < -0.4 is 0 Å². The van der Waals surface area contributed by atoms with E-state index in [0.29, 0.717) is 16.5 Å². The summed E-state index contributed by atoms with van der Waals surface area (Å²) in [5.41, 5.74) is 3.52. The SMILES string of the molecule is CC(C)c1cc(C#N)c(-c2cccc(Cl)c2)[nH]1. The van der Waals surface area contributed by atoms with E-state index in [-0.39, 0.29) is 0 Å². The molecule has 2 nitrogen and oxygen atoms in total. The summed E-state index contributed by atoms with van der Waals surface area (Å²) in [5.74, 6) is 0.370. The van der Waals surface area contributed by atoms with Gasteiger partial charge in [0.15, 0.2) is 0 Å². The lowest BCUT2D eigenvalue weighted by Crippen LogP contribution is -1.86. The average Bonchev–Trinajstić information content (AvgIpc) is 2.73. The Morgan fingerprint density at radius 3 is 2.65 bits per heavy atom. The molecule has 0 radical (unpaired) electrons. The molecule has 0 aliphatic rings. The Kier molecular flexibility index (Phi) is 3.21. The van der Waals surface area contributed by atoms with E-state index in [1.165, 1.54) is 0 Å². The Hall–Kier alpha value is -1.72. The summed E-state index contributed by atoms with van der Waals surface area (Å²) < 4.78 is 0. The number of rotatable bonds is 2. The van der Waals surface area contributed by atoms with Crippen molar-refractivity contribution in [1.82, 2.24) is 4.98 Å². The van der Waals surface area contributed by atoms with E-state index in [1.807, 2.05) is 30.3 Å². The van der Waals surface area contributed by atoms with Gasteiger partial charge in [0, 0.05) is 16.3 Å². The predicted molar refractivity (Wildman–Crippen MR) is 70.0 cm³/mol. The molecular weight excluding hydrogens is 232 g/mol. The highest BCUT2D eigenvalue weighted by atomic mass is 35.5. The van der Waals surface area contributed by atoms with Crippen molar-refractivity contribution in [3.63, 3.8) is 0 Å². The molecule has 0 atom stereocenters. The van der Waals surface area contributed by atoms with Crippen molar-refractivity contribution < 1.29 is 0 Å². The first kappa shape index (κ1) is 11.8. The normalized spacial score (nSPS) is 10.5. The largest absolute Gasteiger partial charge is 0.357 e. The number of nitrogens with zero attached hydrogens (tertiary/aromatic N) is 1. The van der Waals surface area contributed by atoms with Crippen LogP contribution in [0, 0.1) is 11.3 Å². The topological polar surface area (TPSA) is 39.6 Å². The van der Waals surface area contributed by atoms with Gasteiger partial charge in [0.2, 0.25) is 0 Å². The van der Waals surface area contributed by atoms with Crippen molar-refractivity contribution in [3.8, 4) is 17.3 Å². The lowest BCUT2D eigenvalue weighted by Gasteiger charge is -2.02. The van der Waals surface area contributed by atoms with E-state index >= 15 is 0 Å². The van der Waals surface area contributed by atoms with Gasteiger partial charge in [-0.3, -0.25) is 0 Å². The fourth-order valence-electron chi connectivity index (χ4n) is 1.75. The van der Waals surface area contributed by atoms with Gasteiger partial charge in [-0.1, -0.05) is 37.6 Å². The molecule has 2 aromatic rings. The van der Waals surface area contributed by atoms with E-state index < -0.39 is 0 Å². The summed E-state index contributed by atoms with van der Waals surface area (Å²) in [6.45, 7) is 4.18. The monoisotopic (exact) mass is 244 g/mol. The maximum atomic E-state index is 9.14. The molecule has 17 heavy (non-hydrogen) atoms. The predicted octanol–water partition coefficient (Wildman–Crippen LogP) is 4.33. The van der Waals surface area contributed by atoms with Gasteiger partial charge in [-0.2, -0.15) is 5.26 Å². The molecule has 1 N–H and O–H groups in total. The third-order valence-corrected chi connectivity index (χ3v) is 2.93. The summed E-state index contributed by atoms with van der Waals surface area (Å²) in [6.07, 6.45) is 0. The molecule has 0 amide bonds. The number of aromatic nitrogens is 1. The highest BCUT2D eigenvalue weighted by Crippen LogP contribution is 2.28. The standard InChI is InChI=1S/C14H13ClN2/c1-9(2)13-7-11(8-16)14(17-13)10-4-3-5-12(15)6-10/h3-7,9,17H,1-2H3. The fourth-order valence-corrected chi connectivity index (χ4v) is 1.94. The minimum atomic E-state index is 0.370. The minimum Gasteiger partial charge on any atom is -0.357 e. The highest BCUT2D eigenvalue weighted by molar-refractivity contribution is 6.30. The van der Waals surface area contributed by atoms with E-state index in [4.69, 9.17) is 16.9 Å². The van der Waals surface area contributed by atoms with Crippen LogP contribution in [0.4, 0.5) is 0 Å². The molecule has 1 aromatic heterocycles. The lowest BCUT2D eigenvalue weighted by molar-refractivity contribution is 0.834. The summed E-state index contributed by atoms with van der Waals surface area (Å²) in [5, 5.41) is 9.81. The lowest BCUT2D eigenvalue weighted by atomic mass is 10.1. The Morgan fingerprint density at radius 1 is 1.29 bits per heavy atom. The molecular formula is C14H13ClN2. The number of aromatic amines is 1. The van der Waals surface area contributed by atoms with Crippen LogP contribution in [0.1, 0.15) is 31.0 Å². The summed E-state index contributed by atoms with van der Waals surface area (Å²) in [6, 6.07) is 11.6. The van der Waals surface area contributed by atoms with Gasteiger partial charge in [-0.15, -0.1) is 0 Å². The Morgan fingerprint density at radius 2 is 2.06 bits per heavy atom. The first-order valence-corrected chi connectivity index (χ1v) is 5.88. The van der Waals surface area contributed by atoms with Crippen LogP contribution in [-0.4, -0.2) is 4.98 Å². The third-order valence-electron chi connectivity index (χ3n) is 2.69. The summed E-state index contributed by atoms with van der Waals surface area (Å²) in [4.78, 5) is 3.29. The first-order chi connectivity index (χ1) is 8.11. The molecule has 0 saturated carbocycles. The smallest absolute Gasteiger partial charge is 0.101 e. The van der Waals surface area contributed by atoms with Crippen molar-refractivity contribution >= 4 is 11.6 Å². The Labute approximate surface area is 106 Å². The number of hydrogen-bond acceptors (Lipinski definition) is 1. The van der Waals surface area contributed by atoms with Gasteiger partial charge in [-0.25, -0.2) is 0 Å². The molecule has 86 valence electrons. The van der Waals surface area contributed by atoms with Crippen LogP contribution in [0.3, 0.4) is 0 Å². The zero-order valence-electron chi connectivity index (χ0n) is 9.79. The van der Waals surface area contributed by atoms with Crippen LogP contribution in [0.15, 0.2) is 30.3 Å². The zero-order chi connectivity index (χ0) is 12.4. The average molecular weight is 245 g/mol. The van der Waals surface area contributed by atoms with Crippen LogP contribution in [0.25, 0.3) is 11.3 Å². The van der Waals surface area contributed by atoms with Gasteiger partial charge >= 0.3 is 0 Å². The number of hydrogen-bond donors (Lipinski definition) is 1. The molecule has 1 aromatic carbocycles. The van der Waals surface area contributed by atoms with E-state index in [9.17, 15) is 0 Å². The number of nitrogens with one attached hydrogen (secondary N) is 1. The van der Waals surface area contributed by atoms with Crippen LogP contribution >= 0.6 is 11.6 Å². The maximum absolute atomic E-state index is 9.14. The number of halogens is 1. The third kappa shape index (κ3) is 2.35. The molecule has 0 spiro atoms. The second-order valence-corrected chi connectivity index (χ2v) is 4.73. The van der Waals surface area contributed by atoms with Crippen molar-refractivity contribution in [1.29, 1.82) is 5.26 Å². The van der Waals surface area contributed by atoms with Gasteiger partial charge < -0.3 is 4.98 Å². The quantitative estimate of drug-likeness (QED) is 0.839. The van der Waals surface area contributed by atoms with Crippen molar-refractivity contribution in [2.75, 3.05) is 0 Å². The maximum Gasteiger partial charge on any atom is 0.101 e.